The Balaban J connectivity index is 1.73. The van der Waals surface area contributed by atoms with Crippen LogP contribution in [0.5, 0.6) is 5.75 Å². The van der Waals surface area contributed by atoms with Gasteiger partial charge in [-0.05, 0) is 59.8 Å². The van der Waals surface area contributed by atoms with Gasteiger partial charge in [0.15, 0.2) is 0 Å². The second-order valence-corrected chi connectivity index (χ2v) is 18.2. The van der Waals surface area contributed by atoms with Crippen LogP contribution in [0.15, 0.2) is 29.1 Å². The number of aromatic hydroxyl groups is 1. The van der Waals surface area contributed by atoms with Crippen LogP contribution in [0.4, 0.5) is 0 Å². The fourth-order valence-electron chi connectivity index (χ4n) is 6.30. The molecule has 9 nitrogen and oxygen atoms in total. The lowest BCUT2D eigenvalue weighted by molar-refractivity contribution is -0.189. The summed E-state index contributed by atoms with van der Waals surface area (Å²) in [5.74, 6) is -1.07. The standard InChI is InChI=1S/C32H41N3O6Si/c1-7-32(41-26(37)9-8-13-33)23-16-25-27-21(17-35(25)29(38)22(23)18-40-30(32)39)28(42(5,6)14-12-31(2,3)4)20-15-19(36)10-11-24(20)34-27/h10-11,15-16,36H,7-9,12-14,17-18,33H2,1-6H3/t32-/m0/s1. The SMILES string of the molecule is CC[C@@]1(OC(=O)CCCN)C(=O)OCc2c1cc1n(c2=O)Cc2c-1nc1ccc(O)cc1c2[Si](C)(C)CCC(C)(C)C. The molecule has 0 amide bonds. The summed E-state index contributed by atoms with van der Waals surface area (Å²) in [5.41, 5.74) is 7.42. The summed E-state index contributed by atoms with van der Waals surface area (Å²) in [6, 6.07) is 8.06. The molecule has 0 fully saturated rings. The van der Waals surface area contributed by atoms with Gasteiger partial charge in [0, 0.05) is 17.4 Å². The molecule has 1 aromatic carbocycles. The summed E-state index contributed by atoms with van der Waals surface area (Å²) < 4.78 is 13.0. The van der Waals surface area contributed by atoms with Crippen LogP contribution in [0, 0.1) is 5.41 Å². The van der Waals surface area contributed by atoms with Crippen LogP contribution in [-0.4, -0.2) is 41.2 Å². The van der Waals surface area contributed by atoms with E-state index < -0.39 is 25.6 Å². The van der Waals surface area contributed by atoms with E-state index >= 15 is 0 Å². The zero-order valence-corrected chi connectivity index (χ0v) is 26.4. The van der Waals surface area contributed by atoms with Crippen molar-refractivity contribution in [3.63, 3.8) is 0 Å². The number of carbonyl (C=O) groups excluding carboxylic acids is 2. The number of rotatable bonds is 8. The molecule has 42 heavy (non-hydrogen) atoms. The third kappa shape index (κ3) is 5.04. The van der Waals surface area contributed by atoms with Gasteiger partial charge in [0.25, 0.3) is 5.56 Å². The van der Waals surface area contributed by atoms with Crippen LogP contribution in [0.3, 0.4) is 0 Å². The molecule has 2 aliphatic heterocycles. The largest absolute Gasteiger partial charge is 0.508 e. The maximum Gasteiger partial charge on any atom is 0.355 e. The van der Waals surface area contributed by atoms with E-state index in [1.54, 1.807) is 29.7 Å². The topological polar surface area (TPSA) is 134 Å². The molecular weight excluding hydrogens is 550 g/mol. The lowest BCUT2D eigenvalue weighted by Gasteiger charge is -2.35. The zero-order valence-electron chi connectivity index (χ0n) is 25.4. The molecule has 3 N–H and O–H groups in total. The molecule has 0 spiro atoms. The Morgan fingerprint density at radius 3 is 2.62 bits per heavy atom. The molecule has 0 saturated heterocycles. The van der Waals surface area contributed by atoms with Gasteiger partial charge < -0.3 is 24.9 Å². The Morgan fingerprint density at radius 2 is 1.95 bits per heavy atom. The average molecular weight is 592 g/mol. The minimum atomic E-state index is -2.13. The van der Waals surface area contributed by atoms with Crippen molar-refractivity contribution in [2.24, 2.45) is 11.1 Å². The number of ether oxygens (including phenoxy) is 2. The second-order valence-electron chi connectivity index (χ2n) is 13.4. The summed E-state index contributed by atoms with van der Waals surface area (Å²) in [4.78, 5) is 45.1. The van der Waals surface area contributed by atoms with Crippen molar-refractivity contribution in [1.29, 1.82) is 0 Å². The number of fused-ring (bicyclic) bond motifs is 5. The molecule has 4 heterocycles. The van der Waals surface area contributed by atoms with Crippen LogP contribution in [-0.2, 0) is 37.8 Å². The van der Waals surface area contributed by atoms with Crippen LogP contribution < -0.4 is 16.5 Å². The molecule has 0 unspecified atom stereocenters. The van der Waals surface area contributed by atoms with E-state index in [4.69, 9.17) is 20.2 Å². The number of benzene rings is 1. The second kappa shape index (κ2) is 10.6. The van der Waals surface area contributed by atoms with Crippen molar-refractivity contribution in [2.75, 3.05) is 6.54 Å². The number of nitrogens with zero attached hydrogens (tertiary/aromatic N) is 2. The summed E-state index contributed by atoms with van der Waals surface area (Å²) in [6.07, 6.45) is 1.64. The highest BCUT2D eigenvalue weighted by atomic mass is 28.3. The Kier molecular flexibility index (Phi) is 7.60. The van der Waals surface area contributed by atoms with E-state index in [1.807, 2.05) is 6.07 Å². The maximum absolute atomic E-state index is 14.1. The van der Waals surface area contributed by atoms with Crippen LogP contribution in [0.25, 0.3) is 22.3 Å². The summed E-state index contributed by atoms with van der Waals surface area (Å²) in [5, 5.41) is 12.6. The van der Waals surface area contributed by atoms with Crippen molar-refractivity contribution in [3.8, 4) is 17.1 Å². The predicted molar refractivity (Wildman–Crippen MR) is 164 cm³/mol. The smallest absolute Gasteiger partial charge is 0.355 e. The molecule has 2 aromatic heterocycles. The average Bonchev–Trinajstić information content (AvgIpc) is 3.29. The Morgan fingerprint density at radius 1 is 1.21 bits per heavy atom. The van der Waals surface area contributed by atoms with Crippen LogP contribution in [0.2, 0.25) is 19.1 Å². The third-order valence-corrected chi connectivity index (χ3v) is 12.1. The van der Waals surface area contributed by atoms with Gasteiger partial charge >= 0.3 is 11.9 Å². The van der Waals surface area contributed by atoms with E-state index in [0.717, 1.165) is 28.9 Å². The van der Waals surface area contributed by atoms with E-state index in [9.17, 15) is 19.5 Å². The molecule has 0 saturated carbocycles. The van der Waals surface area contributed by atoms with Gasteiger partial charge in [-0.3, -0.25) is 9.59 Å². The first-order chi connectivity index (χ1) is 19.7. The molecule has 1 atom stereocenters. The Labute approximate surface area is 247 Å². The fraction of sp³-hybridized carbons (Fsp3) is 0.500. The van der Waals surface area contributed by atoms with Crippen molar-refractivity contribution in [2.45, 2.75) is 91.3 Å². The first-order valence-corrected chi connectivity index (χ1v) is 18.0. The molecule has 2 aliphatic rings. The zero-order chi connectivity index (χ0) is 30.6. The first-order valence-electron chi connectivity index (χ1n) is 14.7. The van der Waals surface area contributed by atoms with Crippen molar-refractivity contribution < 1.29 is 24.2 Å². The molecular formula is C32H41N3O6Si. The van der Waals surface area contributed by atoms with Gasteiger partial charge in [0.05, 0.1) is 37.1 Å². The van der Waals surface area contributed by atoms with Gasteiger partial charge in [-0.1, -0.05) is 53.3 Å². The quantitative estimate of drug-likeness (QED) is 0.227. The molecule has 0 radical (unpaired) electrons. The molecule has 5 rings (SSSR count). The minimum absolute atomic E-state index is 0.0612. The van der Waals surface area contributed by atoms with Crippen LogP contribution >= 0.6 is 0 Å². The molecule has 224 valence electrons. The summed E-state index contributed by atoms with van der Waals surface area (Å²) in [7, 11) is -2.13. The molecule has 10 heteroatoms. The highest BCUT2D eigenvalue weighted by Gasteiger charge is 2.50. The van der Waals surface area contributed by atoms with Crippen molar-refractivity contribution in [1.82, 2.24) is 9.55 Å². The lowest BCUT2D eigenvalue weighted by atomic mass is 9.85. The van der Waals surface area contributed by atoms with E-state index in [1.165, 1.54) is 5.19 Å². The number of pyridine rings is 2. The minimum Gasteiger partial charge on any atom is -0.508 e. The van der Waals surface area contributed by atoms with Crippen molar-refractivity contribution in [3.05, 3.63) is 51.3 Å². The van der Waals surface area contributed by atoms with E-state index in [2.05, 4.69) is 33.9 Å². The summed E-state index contributed by atoms with van der Waals surface area (Å²) in [6.45, 7) is 13.6. The number of hydrogen-bond acceptors (Lipinski definition) is 8. The van der Waals surface area contributed by atoms with Gasteiger partial charge in [-0.15, -0.1) is 0 Å². The number of cyclic esters (lactones) is 1. The molecule has 3 aromatic rings. The van der Waals surface area contributed by atoms with Crippen molar-refractivity contribution >= 4 is 36.1 Å². The predicted octanol–water partition coefficient (Wildman–Crippen LogP) is 4.43. The molecule has 0 aliphatic carbocycles. The Hall–Kier alpha value is -3.50. The monoisotopic (exact) mass is 591 g/mol. The number of phenolic OH excluding ortho intramolecular Hbond substituents is 1. The lowest BCUT2D eigenvalue weighted by Crippen LogP contribution is -2.47. The maximum atomic E-state index is 14.1. The number of esters is 2. The fourth-order valence-corrected chi connectivity index (χ4v) is 9.87. The molecule has 0 bridgehead atoms. The Bertz CT molecular complexity index is 1650. The number of aromatic nitrogens is 2. The summed E-state index contributed by atoms with van der Waals surface area (Å²) >= 11 is 0. The highest BCUT2D eigenvalue weighted by Crippen LogP contribution is 2.42. The highest BCUT2D eigenvalue weighted by molar-refractivity contribution is 6.91. The number of carbonyl (C=O) groups is 2. The number of phenols is 1. The van der Waals surface area contributed by atoms with Gasteiger partial charge in [0.1, 0.15) is 12.4 Å². The normalized spacial score (nSPS) is 17.9. The number of nitrogens with two attached hydrogens (primary N) is 1. The number of hydrogen-bond donors (Lipinski definition) is 2. The first kappa shape index (κ1) is 30.0. The van der Waals surface area contributed by atoms with E-state index in [0.29, 0.717) is 42.0 Å². The van der Waals surface area contributed by atoms with Gasteiger partial charge in [0.2, 0.25) is 5.60 Å². The third-order valence-electron chi connectivity index (χ3n) is 8.69. The van der Waals surface area contributed by atoms with Gasteiger partial charge in [-0.2, -0.15) is 0 Å². The van der Waals surface area contributed by atoms with Crippen LogP contribution in [0.1, 0.15) is 70.1 Å². The van der Waals surface area contributed by atoms with Gasteiger partial charge in [-0.25, -0.2) is 9.78 Å². The van der Waals surface area contributed by atoms with E-state index in [-0.39, 0.29) is 36.2 Å².